The smallest absolute Gasteiger partial charge is 0.387 e. The van der Waals surface area contributed by atoms with Crippen molar-refractivity contribution in [1.82, 2.24) is 10.6 Å². The Morgan fingerprint density at radius 1 is 0.971 bits per heavy atom. The maximum absolute atomic E-state index is 12.5. The molecule has 1 aliphatic carbocycles. The third kappa shape index (κ3) is 5.49. The van der Waals surface area contributed by atoms with Gasteiger partial charge in [-0.3, -0.25) is 5.32 Å². The number of benzene rings is 2. The molecule has 176 valence electrons. The van der Waals surface area contributed by atoms with Crippen molar-refractivity contribution in [2.24, 2.45) is 4.99 Å². The van der Waals surface area contributed by atoms with E-state index in [9.17, 15) is 17.6 Å². The first-order valence-corrected chi connectivity index (χ1v) is 10.5. The second-order valence-corrected chi connectivity index (χ2v) is 7.56. The van der Waals surface area contributed by atoms with Gasteiger partial charge in [0.15, 0.2) is 6.19 Å². The van der Waals surface area contributed by atoms with Gasteiger partial charge in [0.25, 0.3) is 0 Å². The Hall–Kier alpha value is -4.00. The van der Waals surface area contributed by atoms with Gasteiger partial charge in [-0.15, -0.1) is 0 Å². The highest BCUT2D eigenvalue weighted by Crippen LogP contribution is 2.41. The minimum Gasteiger partial charge on any atom is -0.435 e. The maximum Gasteiger partial charge on any atom is 0.387 e. The second-order valence-electron chi connectivity index (χ2n) is 7.56. The first-order valence-electron chi connectivity index (χ1n) is 10.5. The topological polar surface area (TPSA) is 78.7 Å². The molecule has 2 aromatic rings. The van der Waals surface area contributed by atoms with Gasteiger partial charge in [-0.1, -0.05) is 24.3 Å². The number of nitrogens with one attached hydrogen (secondary N) is 2. The minimum atomic E-state index is -2.91. The SMILES string of the molecule is N#CNC1=NC(c2ccc(OC(F)F)cc2)C2=C(N1)/C(=C/c1ccc(OC(F)F)cc1)CCC2. The van der Waals surface area contributed by atoms with Gasteiger partial charge in [0.05, 0.1) is 0 Å². The van der Waals surface area contributed by atoms with Crippen LogP contribution < -0.4 is 20.1 Å². The zero-order valence-corrected chi connectivity index (χ0v) is 17.8. The average Bonchev–Trinajstić information content (AvgIpc) is 2.80. The molecule has 1 heterocycles. The van der Waals surface area contributed by atoms with Crippen molar-refractivity contribution in [3.8, 4) is 17.7 Å². The number of halogens is 4. The van der Waals surface area contributed by atoms with Crippen molar-refractivity contribution >= 4 is 12.0 Å². The highest BCUT2D eigenvalue weighted by molar-refractivity contribution is 5.86. The van der Waals surface area contributed by atoms with E-state index in [1.807, 2.05) is 12.3 Å². The van der Waals surface area contributed by atoms with Crippen LogP contribution in [0.5, 0.6) is 11.5 Å². The van der Waals surface area contributed by atoms with Crippen molar-refractivity contribution in [1.29, 1.82) is 5.26 Å². The number of guanidine groups is 1. The Balaban J connectivity index is 1.66. The summed E-state index contributed by atoms with van der Waals surface area (Å²) in [4.78, 5) is 4.61. The maximum atomic E-state index is 12.5. The van der Waals surface area contributed by atoms with E-state index < -0.39 is 19.3 Å². The molecule has 10 heteroatoms. The van der Waals surface area contributed by atoms with Gasteiger partial charge in [0.1, 0.15) is 17.5 Å². The molecule has 0 saturated heterocycles. The molecule has 4 rings (SSSR count). The summed E-state index contributed by atoms with van der Waals surface area (Å²) in [6.45, 7) is -5.80. The van der Waals surface area contributed by atoms with Gasteiger partial charge in [0, 0.05) is 5.70 Å². The second kappa shape index (κ2) is 10.3. The number of alkyl halides is 4. The van der Waals surface area contributed by atoms with Gasteiger partial charge in [-0.05, 0) is 71.9 Å². The van der Waals surface area contributed by atoms with Crippen molar-refractivity contribution < 1.29 is 27.0 Å². The van der Waals surface area contributed by atoms with Gasteiger partial charge < -0.3 is 14.8 Å². The van der Waals surface area contributed by atoms with Crippen molar-refractivity contribution in [2.45, 2.75) is 38.5 Å². The predicted molar refractivity (Wildman–Crippen MR) is 117 cm³/mol. The van der Waals surface area contributed by atoms with Crippen LogP contribution in [-0.2, 0) is 0 Å². The molecule has 34 heavy (non-hydrogen) atoms. The Morgan fingerprint density at radius 3 is 2.18 bits per heavy atom. The molecule has 0 amide bonds. The fourth-order valence-corrected chi connectivity index (χ4v) is 4.03. The van der Waals surface area contributed by atoms with E-state index in [0.29, 0.717) is 0 Å². The monoisotopic (exact) mass is 472 g/mol. The lowest BCUT2D eigenvalue weighted by atomic mass is 9.84. The summed E-state index contributed by atoms with van der Waals surface area (Å²) in [5.41, 5.74) is 4.36. The first-order chi connectivity index (χ1) is 16.4. The summed E-state index contributed by atoms with van der Waals surface area (Å²) in [6.07, 6.45) is 6.17. The fraction of sp³-hybridized carbons (Fsp3) is 0.250. The molecule has 1 atom stereocenters. The van der Waals surface area contributed by atoms with Gasteiger partial charge in [0.2, 0.25) is 5.96 Å². The van der Waals surface area contributed by atoms with Gasteiger partial charge in [-0.2, -0.15) is 22.8 Å². The highest BCUT2D eigenvalue weighted by Gasteiger charge is 2.30. The number of hydrogen-bond donors (Lipinski definition) is 2. The van der Waals surface area contributed by atoms with Crippen LogP contribution in [-0.4, -0.2) is 19.2 Å². The van der Waals surface area contributed by atoms with E-state index in [1.165, 1.54) is 24.3 Å². The summed E-state index contributed by atoms with van der Waals surface area (Å²) in [5, 5.41) is 14.8. The fourth-order valence-electron chi connectivity index (χ4n) is 4.03. The van der Waals surface area contributed by atoms with Crippen molar-refractivity contribution in [3.05, 3.63) is 76.5 Å². The number of hydrogen-bond acceptors (Lipinski definition) is 6. The van der Waals surface area contributed by atoms with Crippen LogP contribution in [0.4, 0.5) is 17.6 Å². The number of ether oxygens (including phenoxy) is 2. The molecule has 0 fully saturated rings. The molecule has 1 aliphatic heterocycles. The minimum absolute atomic E-state index is 0.0461. The zero-order valence-electron chi connectivity index (χ0n) is 17.8. The number of aliphatic imine (C=N–C) groups is 1. The standard InChI is InChI=1S/C24H20F4N4O2/c25-22(26)33-17-8-4-14(5-9-17)12-16-2-1-3-19-20(31-24(30-13-29)32-21(16)19)15-6-10-18(11-7-15)34-23(27)28/h4-12,20,22-23H,1-3H2,(H2,30,31,32)/b16-12+. The van der Waals surface area contributed by atoms with E-state index in [0.717, 1.165) is 47.2 Å². The molecule has 0 saturated carbocycles. The van der Waals surface area contributed by atoms with Crippen LogP contribution in [0.1, 0.15) is 36.4 Å². The van der Waals surface area contributed by atoms with Crippen molar-refractivity contribution in [2.75, 3.05) is 0 Å². The summed E-state index contributed by atoms with van der Waals surface area (Å²) in [7, 11) is 0. The lowest BCUT2D eigenvalue weighted by molar-refractivity contribution is -0.0505. The normalized spacial score (nSPS) is 18.8. The van der Waals surface area contributed by atoms with Crippen LogP contribution in [0.25, 0.3) is 6.08 Å². The van der Waals surface area contributed by atoms with E-state index in [1.54, 1.807) is 24.3 Å². The molecule has 2 aromatic carbocycles. The molecule has 0 radical (unpaired) electrons. The third-order valence-electron chi connectivity index (χ3n) is 5.41. The Labute approximate surface area is 193 Å². The summed E-state index contributed by atoms with van der Waals surface area (Å²) in [6, 6.07) is 12.2. The Kier molecular flexibility index (Phi) is 7.01. The summed E-state index contributed by atoms with van der Waals surface area (Å²) in [5.74, 6) is 0.390. The Morgan fingerprint density at radius 2 is 1.59 bits per heavy atom. The van der Waals surface area contributed by atoms with E-state index in [-0.39, 0.29) is 17.5 Å². The molecule has 0 spiro atoms. The van der Waals surface area contributed by atoms with Gasteiger partial charge in [-0.25, -0.2) is 4.99 Å². The number of nitrogens with zero attached hydrogens (tertiary/aromatic N) is 2. The van der Waals surface area contributed by atoms with E-state index in [2.05, 4.69) is 25.1 Å². The molecule has 2 aliphatic rings. The molecule has 2 N–H and O–H groups in total. The van der Waals surface area contributed by atoms with Crippen LogP contribution in [0.2, 0.25) is 0 Å². The van der Waals surface area contributed by atoms with Crippen molar-refractivity contribution in [3.63, 3.8) is 0 Å². The molecular weight excluding hydrogens is 452 g/mol. The summed E-state index contributed by atoms with van der Waals surface area (Å²) >= 11 is 0. The largest absolute Gasteiger partial charge is 0.435 e. The number of allylic oxidation sites excluding steroid dienone is 1. The lowest BCUT2D eigenvalue weighted by Crippen LogP contribution is -2.39. The Bertz CT molecular complexity index is 1150. The van der Waals surface area contributed by atoms with E-state index in [4.69, 9.17) is 5.26 Å². The predicted octanol–water partition coefficient (Wildman–Crippen LogP) is 5.48. The third-order valence-corrected chi connectivity index (χ3v) is 5.41. The molecule has 0 aromatic heterocycles. The van der Waals surface area contributed by atoms with Gasteiger partial charge >= 0.3 is 13.2 Å². The zero-order chi connectivity index (χ0) is 24.1. The number of nitriles is 1. The average molecular weight is 472 g/mol. The highest BCUT2D eigenvalue weighted by atomic mass is 19.3. The molecule has 1 unspecified atom stereocenters. The van der Waals surface area contributed by atoms with E-state index >= 15 is 0 Å². The first kappa shape index (κ1) is 23.2. The molecule has 0 bridgehead atoms. The van der Waals surface area contributed by atoms with Crippen LogP contribution in [0.15, 0.2) is 70.4 Å². The van der Waals surface area contributed by atoms with Crippen LogP contribution in [0.3, 0.4) is 0 Å². The molecule has 6 nitrogen and oxygen atoms in total. The van der Waals surface area contributed by atoms with Crippen LogP contribution >= 0.6 is 0 Å². The lowest BCUT2D eigenvalue weighted by Gasteiger charge is -2.32. The molecular formula is C24H20F4N4O2. The quantitative estimate of drug-likeness (QED) is 0.331. The van der Waals surface area contributed by atoms with Crippen LogP contribution in [0, 0.1) is 11.5 Å². The summed E-state index contributed by atoms with van der Waals surface area (Å²) < 4.78 is 58.6. The number of rotatable bonds is 6.